The number of amides is 1. The fraction of sp³-hybridized carbons (Fsp3) is 0.571. The van der Waals surface area contributed by atoms with E-state index >= 15 is 0 Å². The zero-order valence-electron chi connectivity index (χ0n) is 13.5. The molecule has 1 atom stereocenters. The van der Waals surface area contributed by atoms with Gasteiger partial charge in [0.15, 0.2) is 5.13 Å². The number of halogens is 2. The lowest BCUT2D eigenvalue weighted by molar-refractivity contribution is 0.0952. The third-order valence-electron chi connectivity index (χ3n) is 3.35. The normalized spacial score (nSPS) is 11.5. The maximum atomic E-state index is 12.1. The summed E-state index contributed by atoms with van der Waals surface area (Å²) in [6.07, 6.45) is 0. The van der Waals surface area contributed by atoms with E-state index < -0.39 is 0 Å². The van der Waals surface area contributed by atoms with Crippen molar-refractivity contribution in [3.63, 3.8) is 0 Å². The second-order valence-electron chi connectivity index (χ2n) is 5.00. The van der Waals surface area contributed by atoms with E-state index in [1.165, 1.54) is 11.3 Å². The van der Waals surface area contributed by atoms with Crippen LogP contribution in [0.3, 0.4) is 0 Å². The zero-order chi connectivity index (χ0) is 15.4. The highest BCUT2D eigenvalue weighted by molar-refractivity contribution is 7.29. The van der Waals surface area contributed by atoms with Gasteiger partial charge in [-0.05, 0) is 32.4 Å². The van der Waals surface area contributed by atoms with Crippen molar-refractivity contribution in [3.8, 4) is 0 Å². The van der Waals surface area contributed by atoms with Crippen LogP contribution in [0.2, 0.25) is 0 Å². The van der Waals surface area contributed by atoms with Gasteiger partial charge in [0.05, 0.1) is 9.58 Å². The molecule has 2 rings (SSSR count). The highest BCUT2D eigenvalue weighted by Crippen LogP contribution is 2.34. The maximum absolute atomic E-state index is 12.1. The summed E-state index contributed by atoms with van der Waals surface area (Å²) in [6, 6.07) is 1.94. The molecule has 2 aromatic rings. The Kier molecular flexibility index (Phi) is 10.0. The van der Waals surface area contributed by atoms with Gasteiger partial charge in [-0.2, -0.15) is 0 Å². The molecule has 0 aliphatic heterocycles. The van der Waals surface area contributed by atoms with Crippen molar-refractivity contribution in [2.24, 2.45) is 11.7 Å². The largest absolute Gasteiger partial charge is 0.351 e. The fourth-order valence-electron chi connectivity index (χ4n) is 1.90. The number of thiazole rings is 1. The van der Waals surface area contributed by atoms with Crippen LogP contribution in [-0.2, 0) is 0 Å². The molecule has 1 amide bonds. The SMILES string of the molecule is CCN(CC)c1nc2sc(C(=O)NCC(C)CN)cc2s1.Cl.Cl. The summed E-state index contributed by atoms with van der Waals surface area (Å²) in [6.45, 7) is 9.34. The van der Waals surface area contributed by atoms with Crippen LogP contribution in [0, 0.1) is 5.92 Å². The zero-order valence-corrected chi connectivity index (χ0v) is 16.8. The molecule has 5 nitrogen and oxygen atoms in total. The van der Waals surface area contributed by atoms with E-state index in [2.05, 4.69) is 29.0 Å². The van der Waals surface area contributed by atoms with Gasteiger partial charge in [-0.1, -0.05) is 18.3 Å². The molecule has 132 valence electrons. The van der Waals surface area contributed by atoms with Gasteiger partial charge < -0.3 is 16.0 Å². The van der Waals surface area contributed by atoms with E-state index in [9.17, 15) is 4.79 Å². The van der Waals surface area contributed by atoms with Crippen LogP contribution in [0.4, 0.5) is 5.13 Å². The molecule has 0 aliphatic rings. The van der Waals surface area contributed by atoms with Crippen LogP contribution >= 0.6 is 47.5 Å². The molecule has 23 heavy (non-hydrogen) atoms. The third kappa shape index (κ3) is 5.46. The summed E-state index contributed by atoms with van der Waals surface area (Å²) in [5.41, 5.74) is 5.55. The number of nitrogens with zero attached hydrogens (tertiary/aromatic N) is 2. The molecule has 0 spiro atoms. The first-order valence-electron chi connectivity index (χ1n) is 7.22. The molecular formula is C14H24Cl2N4OS2. The van der Waals surface area contributed by atoms with Crippen molar-refractivity contribution in [2.75, 3.05) is 31.1 Å². The Morgan fingerprint density at radius 1 is 1.35 bits per heavy atom. The number of fused-ring (bicyclic) bond motifs is 1. The minimum Gasteiger partial charge on any atom is -0.351 e. The minimum absolute atomic E-state index is 0. The van der Waals surface area contributed by atoms with Gasteiger partial charge in [-0.15, -0.1) is 36.2 Å². The van der Waals surface area contributed by atoms with Gasteiger partial charge in [-0.25, -0.2) is 4.98 Å². The van der Waals surface area contributed by atoms with Gasteiger partial charge in [0.25, 0.3) is 5.91 Å². The molecule has 0 aromatic carbocycles. The molecule has 0 saturated carbocycles. The minimum atomic E-state index is -0.0325. The first-order valence-corrected chi connectivity index (χ1v) is 8.85. The van der Waals surface area contributed by atoms with Gasteiger partial charge in [0.1, 0.15) is 4.83 Å². The van der Waals surface area contributed by atoms with Crippen molar-refractivity contribution in [3.05, 3.63) is 10.9 Å². The number of aromatic nitrogens is 1. The second-order valence-corrected chi connectivity index (χ2v) is 7.04. The highest BCUT2D eigenvalue weighted by Gasteiger charge is 2.16. The summed E-state index contributed by atoms with van der Waals surface area (Å²) in [5.74, 6) is 0.261. The monoisotopic (exact) mass is 398 g/mol. The quantitative estimate of drug-likeness (QED) is 0.749. The first-order chi connectivity index (χ1) is 10.1. The Bertz CT molecular complexity index is 581. The fourth-order valence-corrected chi connectivity index (χ4v) is 4.16. The lowest BCUT2D eigenvalue weighted by Gasteiger charge is -2.16. The van der Waals surface area contributed by atoms with Gasteiger partial charge in [-0.3, -0.25) is 4.79 Å². The predicted molar refractivity (Wildman–Crippen MR) is 106 cm³/mol. The van der Waals surface area contributed by atoms with Crippen molar-refractivity contribution in [2.45, 2.75) is 20.8 Å². The number of carbonyl (C=O) groups excluding carboxylic acids is 1. The maximum Gasteiger partial charge on any atom is 0.261 e. The molecule has 0 aliphatic carbocycles. The number of anilines is 1. The van der Waals surface area contributed by atoms with E-state index in [-0.39, 0.29) is 30.7 Å². The predicted octanol–water partition coefficient (Wildman–Crippen LogP) is 3.37. The first kappa shape index (κ1) is 22.4. The number of hydrogen-bond acceptors (Lipinski definition) is 6. The van der Waals surface area contributed by atoms with Crippen molar-refractivity contribution < 1.29 is 4.79 Å². The number of hydrogen-bond donors (Lipinski definition) is 2. The lowest BCUT2D eigenvalue weighted by Crippen LogP contribution is -2.30. The molecule has 2 heterocycles. The van der Waals surface area contributed by atoms with Crippen LogP contribution in [0.15, 0.2) is 6.07 Å². The van der Waals surface area contributed by atoms with Crippen LogP contribution in [0.5, 0.6) is 0 Å². The molecule has 1 unspecified atom stereocenters. The van der Waals surface area contributed by atoms with Crippen LogP contribution in [0.1, 0.15) is 30.4 Å². The topological polar surface area (TPSA) is 71.2 Å². The van der Waals surface area contributed by atoms with Gasteiger partial charge in [0, 0.05) is 19.6 Å². The molecule has 0 saturated heterocycles. The summed E-state index contributed by atoms with van der Waals surface area (Å²) in [5, 5.41) is 3.95. The molecule has 3 N–H and O–H groups in total. The molecule has 0 radical (unpaired) electrons. The molecular weight excluding hydrogens is 375 g/mol. The van der Waals surface area contributed by atoms with Crippen LogP contribution in [-0.4, -0.2) is 37.1 Å². The standard InChI is InChI=1S/C14H22N4OS2.2ClH/c1-4-18(5-2)14-17-13-11(21-14)6-10(20-13)12(19)16-8-9(3)7-15;;/h6,9H,4-5,7-8,15H2,1-3H3,(H,16,19);2*1H. The number of thiophene rings is 1. The number of carbonyl (C=O) groups is 1. The Morgan fingerprint density at radius 3 is 2.52 bits per heavy atom. The average molecular weight is 399 g/mol. The van der Waals surface area contributed by atoms with Gasteiger partial charge >= 0.3 is 0 Å². The smallest absolute Gasteiger partial charge is 0.261 e. The Morgan fingerprint density at radius 2 is 2.00 bits per heavy atom. The number of nitrogens with two attached hydrogens (primary N) is 1. The third-order valence-corrected chi connectivity index (χ3v) is 5.57. The Balaban J connectivity index is 0.00000242. The summed E-state index contributed by atoms with van der Waals surface area (Å²) >= 11 is 3.10. The van der Waals surface area contributed by atoms with Crippen LogP contribution in [0.25, 0.3) is 9.53 Å². The summed E-state index contributed by atoms with van der Waals surface area (Å²) in [4.78, 5) is 20.6. The van der Waals surface area contributed by atoms with Crippen molar-refractivity contribution in [1.29, 1.82) is 0 Å². The molecule has 0 bridgehead atoms. The van der Waals surface area contributed by atoms with E-state index in [4.69, 9.17) is 5.73 Å². The molecule has 0 fully saturated rings. The van der Waals surface area contributed by atoms with Gasteiger partial charge in [0.2, 0.25) is 0 Å². The van der Waals surface area contributed by atoms with E-state index in [1.807, 2.05) is 13.0 Å². The Hall–Kier alpha value is -0.600. The average Bonchev–Trinajstić information content (AvgIpc) is 3.04. The summed E-state index contributed by atoms with van der Waals surface area (Å²) < 4.78 is 1.08. The van der Waals surface area contributed by atoms with Crippen LogP contribution < -0.4 is 16.0 Å². The highest BCUT2D eigenvalue weighted by atomic mass is 35.5. The van der Waals surface area contributed by atoms with Crippen molar-refractivity contribution in [1.82, 2.24) is 10.3 Å². The lowest BCUT2D eigenvalue weighted by atomic mass is 10.2. The molecule has 2 aromatic heterocycles. The van der Waals surface area contributed by atoms with E-state index in [0.717, 1.165) is 32.6 Å². The van der Waals surface area contributed by atoms with E-state index in [0.29, 0.717) is 19.0 Å². The summed E-state index contributed by atoms with van der Waals surface area (Å²) in [7, 11) is 0. The van der Waals surface area contributed by atoms with E-state index in [1.54, 1.807) is 11.3 Å². The second kappa shape index (κ2) is 10.3. The van der Waals surface area contributed by atoms with Crippen molar-refractivity contribution >= 4 is 68.1 Å². The Labute approximate surface area is 157 Å². The number of nitrogens with one attached hydrogen (secondary N) is 1. The molecule has 9 heteroatoms. The number of rotatable bonds is 7.